The maximum Gasteiger partial charge on any atom is 0.330 e. The maximum atomic E-state index is 13.3. The molecular formula is C26H32N4O4. The number of aromatic nitrogens is 2. The first kappa shape index (κ1) is 24.8. The highest BCUT2D eigenvalue weighted by Crippen LogP contribution is 2.22. The first-order valence-corrected chi connectivity index (χ1v) is 11.3. The van der Waals surface area contributed by atoms with Crippen LogP contribution in [0.2, 0.25) is 0 Å². The van der Waals surface area contributed by atoms with Gasteiger partial charge in [0, 0.05) is 6.54 Å². The van der Waals surface area contributed by atoms with E-state index in [4.69, 9.17) is 10.5 Å². The van der Waals surface area contributed by atoms with E-state index >= 15 is 0 Å². The number of rotatable bonds is 9. The first-order chi connectivity index (χ1) is 16.2. The van der Waals surface area contributed by atoms with Gasteiger partial charge in [0.25, 0.3) is 11.5 Å². The van der Waals surface area contributed by atoms with Crippen molar-refractivity contribution in [1.82, 2.24) is 9.55 Å². The third-order valence-electron chi connectivity index (χ3n) is 5.59. The van der Waals surface area contributed by atoms with E-state index < -0.39 is 17.2 Å². The van der Waals surface area contributed by atoms with Crippen LogP contribution < -0.4 is 26.6 Å². The van der Waals surface area contributed by atoms with Crippen molar-refractivity contribution in [3.63, 3.8) is 0 Å². The minimum atomic E-state index is -0.698. The number of hydrogen-bond acceptors (Lipinski definition) is 5. The molecule has 0 aliphatic rings. The van der Waals surface area contributed by atoms with Gasteiger partial charge < -0.3 is 15.4 Å². The van der Waals surface area contributed by atoms with E-state index in [1.54, 1.807) is 0 Å². The lowest BCUT2D eigenvalue weighted by atomic mass is 10.1. The van der Waals surface area contributed by atoms with Crippen molar-refractivity contribution in [2.75, 3.05) is 23.8 Å². The highest BCUT2D eigenvalue weighted by Gasteiger charge is 2.25. The van der Waals surface area contributed by atoms with E-state index in [-0.39, 0.29) is 37.1 Å². The number of nitrogens with zero attached hydrogens (tertiary/aromatic N) is 2. The van der Waals surface area contributed by atoms with Crippen molar-refractivity contribution in [1.29, 1.82) is 0 Å². The topological polar surface area (TPSA) is 110 Å². The Kier molecular flexibility index (Phi) is 7.94. The van der Waals surface area contributed by atoms with Crippen LogP contribution in [0.3, 0.4) is 0 Å². The van der Waals surface area contributed by atoms with Crippen LogP contribution >= 0.6 is 0 Å². The molecule has 0 aliphatic heterocycles. The quantitative estimate of drug-likeness (QED) is 0.505. The van der Waals surface area contributed by atoms with E-state index in [1.807, 2.05) is 76.2 Å². The molecule has 2 aromatic carbocycles. The van der Waals surface area contributed by atoms with E-state index in [0.29, 0.717) is 12.2 Å². The average molecular weight is 465 g/mol. The minimum absolute atomic E-state index is 0.0363. The maximum absolute atomic E-state index is 13.3. The lowest BCUT2D eigenvalue weighted by molar-refractivity contribution is -0.120. The number of benzene rings is 2. The van der Waals surface area contributed by atoms with E-state index in [0.717, 1.165) is 16.7 Å². The molecular weight excluding hydrogens is 432 g/mol. The van der Waals surface area contributed by atoms with Crippen LogP contribution in [0, 0.1) is 19.8 Å². The van der Waals surface area contributed by atoms with Crippen molar-refractivity contribution in [2.24, 2.45) is 5.92 Å². The monoisotopic (exact) mass is 464 g/mol. The smallest absolute Gasteiger partial charge is 0.330 e. The largest absolute Gasteiger partial charge is 0.483 e. The summed E-state index contributed by atoms with van der Waals surface area (Å²) in [6, 6.07) is 15.0. The predicted octanol–water partition coefficient (Wildman–Crippen LogP) is 3.24. The number of amides is 1. The molecule has 3 rings (SSSR count). The Morgan fingerprint density at radius 3 is 2.50 bits per heavy atom. The zero-order valence-electron chi connectivity index (χ0n) is 20.1. The Balaban J connectivity index is 1.96. The van der Waals surface area contributed by atoms with Gasteiger partial charge in [0.15, 0.2) is 12.3 Å². The molecule has 0 saturated heterocycles. The number of H-pyrrole nitrogens is 1. The van der Waals surface area contributed by atoms with Gasteiger partial charge in [0.2, 0.25) is 0 Å². The molecule has 1 amide bonds. The highest BCUT2D eigenvalue weighted by atomic mass is 16.5. The van der Waals surface area contributed by atoms with Crippen LogP contribution in [0.1, 0.15) is 37.0 Å². The second kappa shape index (κ2) is 10.9. The second-order valence-electron chi connectivity index (χ2n) is 8.85. The molecule has 0 radical (unpaired) electrons. The number of nitrogens with one attached hydrogen (secondary N) is 1. The third-order valence-corrected chi connectivity index (χ3v) is 5.59. The Morgan fingerprint density at radius 2 is 1.82 bits per heavy atom. The molecule has 0 spiro atoms. The van der Waals surface area contributed by atoms with Crippen molar-refractivity contribution in [3.8, 4) is 5.75 Å². The molecule has 3 N–H and O–H groups in total. The Morgan fingerprint density at radius 1 is 1.12 bits per heavy atom. The summed E-state index contributed by atoms with van der Waals surface area (Å²) in [7, 11) is 0. The molecule has 1 aromatic heterocycles. The summed E-state index contributed by atoms with van der Waals surface area (Å²) in [5.41, 5.74) is 7.73. The standard InChI is InChI=1S/C26H32N4O4/c1-17(2)12-13-29(22(31)16-34-21-14-18(3)10-11-19(21)4)23-24(27)30(26(33)28-25(23)32)15-20-8-6-5-7-9-20/h5-11,14,17H,12-13,15-16,27H2,1-4H3,(H,28,32,33). The van der Waals surface area contributed by atoms with Gasteiger partial charge in [-0.2, -0.15) is 0 Å². The summed E-state index contributed by atoms with van der Waals surface area (Å²) in [4.78, 5) is 42.3. The lowest BCUT2D eigenvalue weighted by Gasteiger charge is -2.25. The first-order valence-electron chi connectivity index (χ1n) is 11.3. The van der Waals surface area contributed by atoms with Gasteiger partial charge in [-0.25, -0.2) is 4.79 Å². The molecule has 3 aromatic rings. The van der Waals surface area contributed by atoms with Crippen LogP contribution in [-0.2, 0) is 11.3 Å². The van der Waals surface area contributed by atoms with Gasteiger partial charge in [-0.15, -0.1) is 0 Å². The number of carbonyl (C=O) groups is 1. The number of aromatic amines is 1. The molecule has 0 saturated carbocycles. The number of ether oxygens (including phenoxy) is 1. The van der Waals surface area contributed by atoms with Gasteiger partial charge in [0.05, 0.1) is 6.54 Å². The zero-order chi connectivity index (χ0) is 24.8. The molecule has 8 heteroatoms. The normalized spacial score (nSPS) is 11.0. The molecule has 0 fully saturated rings. The summed E-state index contributed by atoms with van der Waals surface area (Å²) in [6.45, 7) is 8.07. The fourth-order valence-electron chi connectivity index (χ4n) is 3.59. The van der Waals surface area contributed by atoms with Crippen molar-refractivity contribution >= 4 is 17.4 Å². The Labute approximate surface area is 199 Å². The van der Waals surface area contributed by atoms with E-state index in [2.05, 4.69) is 4.98 Å². The SMILES string of the molecule is Cc1ccc(C)c(OCC(=O)N(CCC(C)C)c2c(N)n(Cc3ccccc3)c(=O)[nH]c2=O)c1. The second-order valence-corrected chi connectivity index (χ2v) is 8.85. The minimum Gasteiger partial charge on any atom is -0.483 e. The van der Waals surface area contributed by atoms with Gasteiger partial charge in [-0.1, -0.05) is 56.3 Å². The summed E-state index contributed by atoms with van der Waals surface area (Å²) in [5.74, 6) is 0.420. The number of aryl methyl sites for hydroxylation is 2. The highest BCUT2D eigenvalue weighted by molar-refractivity contribution is 5.96. The molecule has 1 heterocycles. The van der Waals surface area contributed by atoms with Crippen molar-refractivity contribution in [2.45, 2.75) is 40.7 Å². The van der Waals surface area contributed by atoms with Crippen molar-refractivity contribution < 1.29 is 9.53 Å². The molecule has 8 nitrogen and oxygen atoms in total. The lowest BCUT2D eigenvalue weighted by Crippen LogP contribution is -2.43. The molecule has 0 aliphatic carbocycles. The number of nitrogens with two attached hydrogens (primary N) is 1. The third kappa shape index (κ3) is 5.95. The summed E-state index contributed by atoms with van der Waals surface area (Å²) in [5, 5.41) is 0. The number of carbonyl (C=O) groups excluding carboxylic acids is 1. The van der Waals surface area contributed by atoms with E-state index in [9.17, 15) is 14.4 Å². The Hall–Kier alpha value is -3.81. The van der Waals surface area contributed by atoms with Crippen LogP contribution in [0.5, 0.6) is 5.75 Å². The molecule has 0 bridgehead atoms. The molecule has 34 heavy (non-hydrogen) atoms. The fourth-order valence-corrected chi connectivity index (χ4v) is 3.59. The summed E-state index contributed by atoms with van der Waals surface area (Å²) >= 11 is 0. The fraction of sp³-hybridized carbons (Fsp3) is 0.346. The van der Waals surface area contributed by atoms with Gasteiger partial charge in [-0.05, 0) is 48.9 Å². The number of anilines is 2. The van der Waals surface area contributed by atoms with Gasteiger partial charge in [0.1, 0.15) is 11.6 Å². The molecule has 0 unspecified atom stereocenters. The van der Waals surface area contributed by atoms with Crippen LogP contribution in [0.15, 0.2) is 58.1 Å². The predicted molar refractivity (Wildman–Crippen MR) is 134 cm³/mol. The zero-order valence-corrected chi connectivity index (χ0v) is 20.1. The number of nitrogen functional groups attached to an aromatic ring is 1. The van der Waals surface area contributed by atoms with Crippen LogP contribution in [0.4, 0.5) is 11.5 Å². The molecule has 0 atom stereocenters. The van der Waals surface area contributed by atoms with Crippen LogP contribution in [-0.4, -0.2) is 28.6 Å². The van der Waals surface area contributed by atoms with E-state index in [1.165, 1.54) is 9.47 Å². The van der Waals surface area contributed by atoms with Gasteiger partial charge in [-0.3, -0.25) is 19.1 Å². The van der Waals surface area contributed by atoms with Crippen molar-refractivity contribution in [3.05, 3.63) is 86.1 Å². The summed E-state index contributed by atoms with van der Waals surface area (Å²) in [6.07, 6.45) is 0.645. The average Bonchev–Trinajstić information content (AvgIpc) is 2.79. The summed E-state index contributed by atoms with van der Waals surface area (Å²) < 4.78 is 7.08. The molecule has 180 valence electrons. The van der Waals surface area contributed by atoms with Crippen LogP contribution in [0.25, 0.3) is 0 Å². The van der Waals surface area contributed by atoms with Gasteiger partial charge >= 0.3 is 5.69 Å². The Bertz CT molecular complexity index is 1260. The number of hydrogen-bond donors (Lipinski definition) is 2.